The summed E-state index contributed by atoms with van der Waals surface area (Å²) in [5.41, 5.74) is 3.48. The molecule has 0 spiro atoms. The molecule has 0 bridgehead atoms. The first-order valence-electron chi connectivity index (χ1n) is 8.44. The Kier molecular flexibility index (Phi) is 6.28. The highest BCUT2D eigenvalue weighted by Gasteiger charge is 2.12. The number of anilines is 1. The number of hydrogen-bond acceptors (Lipinski definition) is 2. The summed E-state index contributed by atoms with van der Waals surface area (Å²) in [4.78, 5) is 23.9. The van der Waals surface area contributed by atoms with Gasteiger partial charge in [-0.3, -0.25) is 9.59 Å². The largest absolute Gasteiger partial charge is 0.321 e. The molecule has 3 aromatic rings. The Balaban J connectivity index is 1.79. The summed E-state index contributed by atoms with van der Waals surface area (Å²) >= 11 is 11.9. The summed E-state index contributed by atoms with van der Waals surface area (Å²) in [6.45, 7) is 0. The van der Waals surface area contributed by atoms with E-state index in [9.17, 15) is 9.59 Å². The smallest absolute Gasteiger partial charge is 0.255 e. The number of hydrogen-bond donors (Lipinski definition) is 1. The maximum atomic E-state index is 12.5. The maximum Gasteiger partial charge on any atom is 0.255 e. The molecule has 0 unspecified atom stereocenters. The van der Waals surface area contributed by atoms with Crippen LogP contribution in [-0.4, -0.2) is 12.2 Å². The molecule has 3 aromatic carbocycles. The lowest BCUT2D eigenvalue weighted by Gasteiger charge is -2.11. The number of carbonyl (C=O) groups excluding carboxylic acids is 2. The number of nitrogens with one attached hydrogen (secondary N) is 1. The number of halogens is 2. The van der Waals surface area contributed by atoms with E-state index in [1.165, 1.54) is 17.7 Å². The number of carbonyl (C=O) groups is 2. The lowest BCUT2D eigenvalue weighted by Crippen LogP contribution is -2.13. The Morgan fingerprint density at radius 2 is 1.52 bits per heavy atom. The highest BCUT2D eigenvalue weighted by molar-refractivity contribution is 6.35. The number of aldehydes is 1. The Hall–Kier alpha value is -2.62. The van der Waals surface area contributed by atoms with Gasteiger partial charge in [0, 0.05) is 21.2 Å². The van der Waals surface area contributed by atoms with E-state index in [4.69, 9.17) is 23.2 Å². The SMILES string of the molecule is O=Cc1ccc(CCc2ccccc2)cc1NC(=O)c1cc(Cl)cc(Cl)c1. The van der Waals surface area contributed by atoms with Gasteiger partial charge in [0.15, 0.2) is 6.29 Å². The third-order valence-corrected chi connectivity index (χ3v) is 4.60. The van der Waals surface area contributed by atoms with Crippen LogP contribution in [0.5, 0.6) is 0 Å². The van der Waals surface area contributed by atoms with Crippen LogP contribution in [0.15, 0.2) is 66.7 Å². The van der Waals surface area contributed by atoms with Crippen molar-refractivity contribution < 1.29 is 9.59 Å². The summed E-state index contributed by atoms with van der Waals surface area (Å²) in [6.07, 6.45) is 2.40. The average molecular weight is 398 g/mol. The minimum Gasteiger partial charge on any atom is -0.321 e. The van der Waals surface area contributed by atoms with Crippen molar-refractivity contribution >= 4 is 41.1 Å². The van der Waals surface area contributed by atoms with Crippen molar-refractivity contribution in [2.45, 2.75) is 12.8 Å². The molecule has 0 fully saturated rings. The molecule has 0 aromatic heterocycles. The van der Waals surface area contributed by atoms with Crippen LogP contribution in [0.4, 0.5) is 5.69 Å². The van der Waals surface area contributed by atoms with Crippen LogP contribution in [0.2, 0.25) is 10.0 Å². The fourth-order valence-corrected chi connectivity index (χ4v) is 3.31. The van der Waals surface area contributed by atoms with Crippen LogP contribution in [0.1, 0.15) is 31.8 Å². The van der Waals surface area contributed by atoms with Gasteiger partial charge in [-0.15, -0.1) is 0 Å². The van der Waals surface area contributed by atoms with Crippen molar-refractivity contribution in [2.75, 3.05) is 5.32 Å². The molecule has 3 rings (SSSR count). The van der Waals surface area contributed by atoms with Gasteiger partial charge < -0.3 is 5.32 Å². The van der Waals surface area contributed by atoms with Crippen molar-refractivity contribution in [2.24, 2.45) is 0 Å². The second-order valence-electron chi connectivity index (χ2n) is 6.14. The fourth-order valence-electron chi connectivity index (χ4n) is 2.78. The third kappa shape index (κ3) is 5.19. The fraction of sp³-hybridized carbons (Fsp3) is 0.0909. The maximum absolute atomic E-state index is 12.5. The van der Waals surface area contributed by atoms with Crippen molar-refractivity contribution in [1.82, 2.24) is 0 Å². The van der Waals surface area contributed by atoms with Gasteiger partial charge >= 0.3 is 0 Å². The molecule has 3 nitrogen and oxygen atoms in total. The Morgan fingerprint density at radius 1 is 0.852 bits per heavy atom. The van der Waals surface area contributed by atoms with E-state index in [-0.39, 0.29) is 5.91 Å². The predicted molar refractivity (Wildman–Crippen MR) is 110 cm³/mol. The Bertz CT molecular complexity index is 951. The Morgan fingerprint density at radius 3 is 2.19 bits per heavy atom. The molecular formula is C22H17Cl2NO2. The molecule has 0 saturated heterocycles. The van der Waals surface area contributed by atoms with Gasteiger partial charge in [0.05, 0.1) is 5.69 Å². The van der Waals surface area contributed by atoms with Crippen LogP contribution < -0.4 is 5.32 Å². The number of amides is 1. The predicted octanol–water partition coefficient (Wildman–Crippen LogP) is 5.84. The number of rotatable bonds is 6. The summed E-state index contributed by atoms with van der Waals surface area (Å²) < 4.78 is 0. The molecular weight excluding hydrogens is 381 g/mol. The highest BCUT2D eigenvalue weighted by atomic mass is 35.5. The van der Waals surface area contributed by atoms with Crippen molar-refractivity contribution in [3.05, 3.63) is 99.0 Å². The molecule has 0 heterocycles. The quantitative estimate of drug-likeness (QED) is 0.530. The van der Waals surface area contributed by atoms with Gasteiger partial charge in [0.1, 0.15) is 0 Å². The summed E-state index contributed by atoms with van der Waals surface area (Å²) in [7, 11) is 0. The van der Waals surface area contributed by atoms with Gasteiger partial charge in [0.25, 0.3) is 5.91 Å². The molecule has 5 heteroatoms. The molecule has 1 amide bonds. The van der Waals surface area contributed by atoms with Crippen molar-refractivity contribution in [3.63, 3.8) is 0 Å². The van der Waals surface area contributed by atoms with E-state index in [1.807, 2.05) is 30.3 Å². The second-order valence-corrected chi connectivity index (χ2v) is 7.01. The van der Waals surface area contributed by atoms with E-state index in [1.54, 1.807) is 12.1 Å². The lowest BCUT2D eigenvalue weighted by molar-refractivity contribution is 0.102. The minimum atomic E-state index is -0.372. The summed E-state index contributed by atoms with van der Waals surface area (Å²) in [5, 5.41) is 3.53. The van der Waals surface area contributed by atoms with Gasteiger partial charge in [-0.05, 0) is 54.3 Å². The molecule has 27 heavy (non-hydrogen) atoms. The second kappa shape index (κ2) is 8.85. The third-order valence-electron chi connectivity index (χ3n) is 4.16. The average Bonchev–Trinajstić information content (AvgIpc) is 2.66. The minimum absolute atomic E-state index is 0.332. The summed E-state index contributed by atoms with van der Waals surface area (Å²) in [5.74, 6) is -0.372. The standard InChI is InChI=1S/C22H17Cl2NO2/c23-19-11-18(12-20(24)13-19)22(27)25-21-10-16(8-9-17(21)14-26)7-6-15-4-2-1-3-5-15/h1-5,8-14H,6-7H2,(H,25,27). The van der Waals surface area contributed by atoms with E-state index in [0.29, 0.717) is 26.9 Å². The first kappa shape index (κ1) is 19.2. The van der Waals surface area contributed by atoms with Crippen LogP contribution >= 0.6 is 23.2 Å². The van der Waals surface area contributed by atoms with E-state index < -0.39 is 0 Å². The zero-order valence-corrected chi connectivity index (χ0v) is 15.9. The van der Waals surface area contributed by atoms with Crippen molar-refractivity contribution in [3.8, 4) is 0 Å². The molecule has 0 radical (unpaired) electrons. The normalized spacial score (nSPS) is 10.4. The van der Waals surface area contributed by atoms with E-state index >= 15 is 0 Å². The Labute approximate surface area is 167 Å². The monoisotopic (exact) mass is 397 g/mol. The van der Waals surface area contributed by atoms with Gasteiger partial charge in [-0.1, -0.05) is 59.6 Å². The van der Waals surface area contributed by atoms with E-state index in [2.05, 4.69) is 17.4 Å². The number of benzene rings is 3. The van der Waals surface area contributed by atoms with Gasteiger partial charge in [-0.25, -0.2) is 0 Å². The zero-order valence-electron chi connectivity index (χ0n) is 14.4. The van der Waals surface area contributed by atoms with Gasteiger partial charge in [-0.2, -0.15) is 0 Å². The molecule has 0 aliphatic carbocycles. The molecule has 136 valence electrons. The van der Waals surface area contributed by atoms with Crippen LogP contribution in [-0.2, 0) is 12.8 Å². The molecule has 0 atom stereocenters. The van der Waals surface area contributed by atoms with Gasteiger partial charge in [0.2, 0.25) is 0 Å². The lowest BCUT2D eigenvalue weighted by atomic mass is 10.0. The molecule has 1 N–H and O–H groups in total. The molecule has 0 aliphatic heterocycles. The molecule has 0 saturated carbocycles. The van der Waals surface area contributed by atoms with Crippen LogP contribution in [0, 0.1) is 0 Å². The van der Waals surface area contributed by atoms with E-state index in [0.717, 1.165) is 24.7 Å². The number of aryl methyl sites for hydroxylation is 2. The first-order valence-corrected chi connectivity index (χ1v) is 9.20. The molecule has 0 aliphatic rings. The highest BCUT2D eigenvalue weighted by Crippen LogP contribution is 2.22. The zero-order chi connectivity index (χ0) is 19.2. The first-order chi connectivity index (χ1) is 13.0. The van der Waals surface area contributed by atoms with Crippen LogP contribution in [0.3, 0.4) is 0 Å². The topological polar surface area (TPSA) is 46.2 Å². The van der Waals surface area contributed by atoms with Crippen molar-refractivity contribution in [1.29, 1.82) is 0 Å². The summed E-state index contributed by atoms with van der Waals surface area (Å²) in [6, 6.07) is 20.2. The van der Waals surface area contributed by atoms with Crippen LogP contribution in [0.25, 0.3) is 0 Å².